The quantitative estimate of drug-likeness (QED) is 0.766. The van der Waals surface area contributed by atoms with Gasteiger partial charge in [0.2, 0.25) is 0 Å². The van der Waals surface area contributed by atoms with Crippen LogP contribution >= 0.6 is 0 Å². The highest BCUT2D eigenvalue weighted by Crippen LogP contribution is 2.21. The number of hydrogen-bond donors (Lipinski definition) is 0. The third-order valence-electron chi connectivity index (χ3n) is 3.53. The van der Waals surface area contributed by atoms with E-state index in [4.69, 9.17) is 4.74 Å². The van der Waals surface area contributed by atoms with Crippen molar-refractivity contribution >= 4 is 5.78 Å². The maximum Gasteiger partial charge on any atom is 0.160 e. The predicted octanol–water partition coefficient (Wildman–Crippen LogP) is 2.88. The number of ether oxygens (including phenoxy) is 1. The number of likely N-dealkylation sites (tertiary alicyclic amines) is 1. The maximum absolute atomic E-state index is 11.6. The Morgan fingerprint density at radius 1 is 1.28 bits per heavy atom. The Bertz CT molecular complexity index is 423. The first-order chi connectivity index (χ1) is 8.70. The van der Waals surface area contributed by atoms with Crippen molar-refractivity contribution in [2.45, 2.75) is 32.7 Å². The highest BCUT2D eigenvalue weighted by Gasteiger charge is 2.14. The summed E-state index contributed by atoms with van der Waals surface area (Å²) in [5, 5.41) is 0. The van der Waals surface area contributed by atoms with Crippen LogP contribution < -0.4 is 4.74 Å². The highest BCUT2D eigenvalue weighted by atomic mass is 16.5. The van der Waals surface area contributed by atoms with Crippen molar-refractivity contribution in [3.05, 3.63) is 29.3 Å². The number of carbonyl (C=O) groups excluding carboxylic acids is 1. The van der Waals surface area contributed by atoms with Crippen LogP contribution in [0.4, 0.5) is 0 Å². The zero-order chi connectivity index (χ0) is 13.0. The van der Waals surface area contributed by atoms with Gasteiger partial charge in [-0.25, -0.2) is 0 Å². The van der Waals surface area contributed by atoms with Crippen molar-refractivity contribution in [1.82, 2.24) is 4.90 Å². The van der Waals surface area contributed by atoms with Gasteiger partial charge in [-0.1, -0.05) is 6.42 Å². The molecule has 1 fully saturated rings. The summed E-state index contributed by atoms with van der Waals surface area (Å²) in [6.07, 6.45) is 3.85. The Morgan fingerprint density at radius 3 is 2.61 bits per heavy atom. The summed E-state index contributed by atoms with van der Waals surface area (Å²) in [4.78, 5) is 14.1. The minimum absolute atomic E-state index is 0.129. The number of rotatable bonds is 4. The van der Waals surface area contributed by atoms with Gasteiger partial charge >= 0.3 is 0 Å². The Kier molecular flexibility index (Phi) is 4.37. The van der Waals surface area contributed by atoms with Gasteiger partial charge in [-0.05, 0) is 56.6 Å². The number of ketones is 1. The highest BCUT2D eigenvalue weighted by molar-refractivity contribution is 5.95. The van der Waals surface area contributed by atoms with Crippen LogP contribution in [-0.2, 0) is 6.54 Å². The third kappa shape index (κ3) is 3.10. The molecule has 0 aromatic heterocycles. The SMILES string of the molecule is COc1ccc(C(C)=O)c(CN2CCCCC2)c1. The van der Waals surface area contributed by atoms with Crippen LogP contribution in [-0.4, -0.2) is 30.9 Å². The van der Waals surface area contributed by atoms with Crippen LogP contribution in [0.2, 0.25) is 0 Å². The molecular weight excluding hydrogens is 226 g/mol. The van der Waals surface area contributed by atoms with Gasteiger partial charge in [0.05, 0.1) is 7.11 Å². The lowest BCUT2D eigenvalue weighted by Crippen LogP contribution is -2.29. The summed E-state index contributed by atoms with van der Waals surface area (Å²) in [7, 11) is 1.66. The normalized spacial score (nSPS) is 16.6. The molecule has 1 aromatic rings. The predicted molar refractivity (Wildman–Crippen MR) is 72.1 cm³/mol. The lowest BCUT2D eigenvalue weighted by molar-refractivity contribution is 0.101. The van der Waals surface area contributed by atoms with Crippen LogP contribution in [0.3, 0.4) is 0 Å². The molecule has 2 rings (SSSR count). The summed E-state index contributed by atoms with van der Waals surface area (Å²) in [6.45, 7) is 4.75. The van der Waals surface area contributed by atoms with E-state index in [9.17, 15) is 4.79 Å². The lowest BCUT2D eigenvalue weighted by atomic mass is 10.0. The van der Waals surface area contributed by atoms with Crippen molar-refractivity contribution in [2.75, 3.05) is 20.2 Å². The minimum Gasteiger partial charge on any atom is -0.497 e. The van der Waals surface area contributed by atoms with Gasteiger partial charge in [-0.15, -0.1) is 0 Å². The second-order valence-corrected chi connectivity index (χ2v) is 4.92. The number of hydrogen-bond acceptors (Lipinski definition) is 3. The fraction of sp³-hybridized carbons (Fsp3) is 0.533. The summed E-state index contributed by atoms with van der Waals surface area (Å²) < 4.78 is 5.25. The van der Waals surface area contributed by atoms with Gasteiger partial charge in [-0.2, -0.15) is 0 Å². The van der Waals surface area contributed by atoms with Crippen LogP contribution in [0.15, 0.2) is 18.2 Å². The second kappa shape index (κ2) is 6.01. The van der Waals surface area contributed by atoms with Crippen LogP contribution in [0.1, 0.15) is 42.1 Å². The molecular formula is C15H21NO2. The molecule has 1 aliphatic rings. The molecule has 0 atom stereocenters. The van der Waals surface area contributed by atoms with Crippen LogP contribution in [0.5, 0.6) is 5.75 Å². The third-order valence-corrected chi connectivity index (χ3v) is 3.53. The molecule has 3 heteroatoms. The van der Waals surface area contributed by atoms with E-state index in [1.165, 1.54) is 19.3 Å². The van der Waals surface area contributed by atoms with Crippen molar-refractivity contribution in [2.24, 2.45) is 0 Å². The Morgan fingerprint density at radius 2 is 2.00 bits per heavy atom. The van der Waals surface area contributed by atoms with Gasteiger partial charge < -0.3 is 4.74 Å². The molecule has 0 unspecified atom stereocenters. The van der Waals surface area contributed by atoms with Gasteiger partial charge in [-0.3, -0.25) is 9.69 Å². The molecule has 0 bridgehead atoms. The first-order valence-corrected chi connectivity index (χ1v) is 6.61. The largest absolute Gasteiger partial charge is 0.497 e. The van der Waals surface area contributed by atoms with E-state index in [1.54, 1.807) is 14.0 Å². The fourth-order valence-corrected chi connectivity index (χ4v) is 2.53. The van der Waals surface area contributed by atoms with E-state index in [1.807, 2.05) is 18.2 Å². The van der Waals surface area contributed by atoms with Gasteiger partial charge in [0.15, 0.2) is 5.78 Å². The summed E-state index contributed by atoms with van der Waals surface area (Å²) in [6, 6.07) is 5.72. The van der Waals surface area contributed by atoms with Crippen molar-refractivity contribution in [3.63, 3.8) is 0 Å². The smallest absolute Gasteiger partial charge is 0.160 e. The van der Waals surface area contributed by atoms with Crippen molar-refractivity contribution in [1.29, 1.82) is 0 Å². The van der Waals surface area contributed by atoms with Crippen molar-refractivity contribution in [3.8, 4) is 5.75 Å². The van der Waals surface area contributed by atoms with Gasteiger partial charge in [0.1, 0.15) is 5.75 Å². The molecule has 3 nitrogen and oxygen atoms in total. The first-order valence-electron chi connectivity index (χ1n) is 6.61. The van der Waals surface area contributed by atoms with Crippen molar-refractivity contribution < 1.29 is 9.53 Å². The standard InChI is InChI=1S/C15H21NO2/c1-12(17)15-7-6-14(18-2)10-13(15)11-16-8-4-3-5-9-16/h6-7,10H,3-5,8-9,11H2,1-2H3. The summed E-state index contributed by atoms with van der Waals surface area (Å²) in [5.74, 6) is 0.955. The Hall–Kier alpha value is -1.35. The van der Waals surface area contributed by atoms with Crippen LogP contribution in [0.25, 0.3) is 0 Å². The topological polar surface area (TPSA) is 29.5 Å². The van der Waals surface area contributed by atoms with E-state index < -0.39 is 0 Å². The zero-order valence-electron chi connectivity index (χ0n) is 11.2. The monoisotopic (exact) mass is 247 g/mol. The second-order valence-electron chi connectivity index (χ2n) is 4.92. The molecule has 0 N–H and O–H groups in total. The average molecular weight is 247 g/mol. The molecule has 18 heavy (non-hydrogen) atoms. The fourth-order valence-electron chi connectivity index (χ4n) is 2.53. The molecule has 98 valence electrons. The number of benzene rings is 1. The van der Waals surface area contributed by atoms with E-state index in [0.29, 0.717) is 0 Å². The van der Waals surface area contributed by atoms with E-state index in [2.05, 4.69) is 4.90 Å². The number of carbonyl (C=O) groups is 1. The lowest BCUT2D eigenvalue weighted by Gasteiger charge is -2.27. The van der Waals surface area contributed by atoms with E-state index >= 15 is 0 Å². The molecule has 1 aliphatic heterocycles. The molecule has 1 saturated heterocycles. The molecule has 0 amide bonds. The summed E-state index contributed by atoms with van der Waals surface area (Å²) in [5.41, 5.74) is 1.91. The Balaban J connectivity index is 2.19. The number of Topliss-reactive ketones (excluding diaryl/α,β-unsaturated/α-hetero) is 1. The molecule has 0 saturated carbocycles. The first kappa shape index (κ1) is 13.1. The minimum atomic E-state index is 0.129. The Labute approximate surface area is 109 Å². The molecule has 0 radical (unpaired) electrons. The van der Waals surface area contributed by atoms with Crippen LogP contribution in [0, 0.1) is 0 Å². The zero-order valence-corrected chi connectivity index (χ0v) is 11.2. The van der Waals surface area contributed by atoms with Gasteiger partial charge in [0.25, 0.3) is 0 Å². The number of nitrogens with zero attached hydrogens (tertiary/aromatic N) is 1. The molecule has 0 spiro atoms. The number of methoxy groups -OCH3 is 1. The summed E-state index contributed by atoms with van der Waals surface area (Å²) >= 11 is 0. The van der Waals surface area contributed by atoms with Gasteiger partial charge in [0, 0.05) is 12.1 Å². The van der Waals surface area contributed by atoms with E-state index in [-0.39, 0.29) is 5.78 Å². The number of piperidine rings is 1. The molecule has 1 heterocycles. The van der Waals surface area contributed by atoms with E-state index in [0.717, 1.165) is 36.5 Å². The molecule has 0 aliphatic carbocycles. The maximum atomic E-state index is 11.6. The molecule has 1 aromatic carbocycles. The average Bonchev–Trinajstić information content (AvgIpc) is 2.39.